The van der Waals surface area contributed by atoms with Crippen LogP contribution in [0.1, 0.15) is 5.76 Å². The smallest absolute Gasteiger partial charge is 0.184 e. The number of benzene rings is 1. The fourth-order valence-electron chi connectivity index (χ4n) is 1.74. The number of hydrogen-bond acceptors (Lipinski definition) is 5. The number of nitrogens with one attached hydrogen (secondary N) is 1. The Balaban J connectivity index is 1.85. The number of para-hydroxylation sites is 1. The third-order valence-electron chi connectivity index (χ3n) is 2.60. The number of thioether (sulfide) groups is 1. The van der Waals surface area contributed by atoms with Crippen LogP contribution in [0.4, 0.5) is 5.13 Å². The van der Waals surface area contributed by atoms with E-state index in [0.717, 1.165) is 16.4 Å². The van der Waals surface area contributed by atoms with Crippen molar-refractivity contribution in [2.45, 2.75) is 11.4 Å². The second kappa shape index (κ2) is 5.04. The van der Waals surface area contributed by atoms with Crippen LogP contribution in [0.25, 0.3) is 10.2 Å². The average Bonchev–Trinajstić information content (AvgIpc) is 3.04. The summed E-state index contributed by atoms with van der Waals surface area (Å²) in [4.78, 5) is 5.85. The van der Waals surface area contributed by atoms with Crippen LogP contribution in [0, 0.1) is 0 Å². The molecule has 1 aromatic carbocycles. The Hall–Kier alpha value is -1.46. The molecule has 0 bridgehead atoms. The number of aromatic nitrogens is 1. The van der Waals surface area contributed by atoms with Crippen molar-refractivity contribution in [3.8, 4) is 0 Å². The topological polar surface area (TPSA) is 38.1 Å². The van der Waals surface area contributed by atoms with Gasteiger partial charge in [0, 0.05) is 4.90 Å². The van der Waals surface area contributed by atoms with Gasteiger partial charge >= 0.3 is 0 Å². The van der Waals surface area contributed by atoms with Crippen molar-refractivity contribution in [1.29, 1.82) is 0 Å². The van der Waals surface area contributed by atoms with Gasteiger partial charge in [0.15, 0.2) is 5.13 Å². The molecule has 18 heavy (non-hydrogen) atoms. The van der Waals surface area contributed by atoms with Crippen LogP contribution in [0.15, 0.2) is 45.9 Å². The van der Waals surface area contributed by atoms with Crippen LogP contribution in [0.3, 0.4) is 0 Å². The highest BCUT2D eigenvalue weighted by Gasteiger charge is 2.07. The largest absolute Gasteiger partial charge is 0.467 e. The SMILES string of the molecule is CSc1cccc2sc(NCc3ccco3)nc12. The lowest BCUT2D eigenvalue weighted by molar-refractivity contribution is 0.518. The normalized spacial score (nSPS) is 10.9. The lowest BCUT2D eigenvalue weighted by atomic mass is 10.3. The van der Waals surface area contributed by atoms with Crippen LogP contribution in [0.5, 0.6) is 0 Å². The minimum atomic E-state index is 0.668. The molecule has 0 spiro atoms. The molecule has 0 saturated carbocycles. The van der Waals surface area contributed by atoms with Gasteiger partial charge in [0.05, 0.1) is 23.0 Å². The Morgan fingerprint density at radius 1 is 1.33 bits per heavy atom. The van der Waals surface area contributed by atoms with Crippen LogP contribution in [0.2, 0.25) is 0 Å². The number of anilines is 1. The zero-order valence-electron chi connectivity index (χ0n) is 9.84. The first-order valence-electron chi connectivity index (χ1n) is 5.56. The zero-order valence-corrected chi connectivity index (χ0v) is 11.5. The summed E-state index contributed by atoms with van der Waals surface area (Å²) in [5, 5.41) is 4.23. The first-order valence-corrected chi connectivity index (χ1v) is 7.61. The van der Waals surface area contributed by atoms with E-state index in [1.54, 1.807) is 29.4 Å². The van der Waals surface area contributed by atoms with Crippen LogP contribution >= 0.6 is 23.1 Å². The highest BCUT2D eigenvalue weighted by molar-refractivity contribution is 7.98. The lowest BCUT2D eigenvalue weighted by Crippen LogP contribution is -1.96. The summed E-state index contributed by atoms with van der Waals surface area (Å²) in [5.74, 6) is 0.916. The summed E-state index contributed by atoms with van der Waals surface area (Å²) in [6.07, 6.45) is 3.76. The lowest BCUT2D eigenvalue weighted by Gasteiger charge is -1.98. The van der Waals surface area contributed by atoms with E-state index in [2.05, 4.69) is 34.8 Å². The summed E-state index contributed by atoms with van der Waals surface area (Å²) < 4.78 is 6.50. The fraction of sp³-hybridized carbons (Fsp3) is 0.154. The van der Waals surface area contributed by atoms with Crippen molar-refractivity contribution < 1.29 is 4.42 Å². The van der Waals surface area contributed by atoms with E-state index < -0.39 is 0 Å². The van der Waals surface area contributed by atoms with Crippen molar-refractivity contribution in [3.63, 3.8) is 0 Å². The minimum Gasteiger partial charge on any atom is -0.467 e. The Kier molecular flexibility index (Phi) is 3.25. The molecule has 0 saturated heterocycles. The molecular formula is C13H12N2OS2. The fourth-order valence-corrected chi connectivity index (χ4v) is 3.26. The van der Waals surface area contributed by atoms with E-state index >= 15 is 0 Å². The van der Waals surface area contributed by atoms with Crippen LogP contribution in [-0.2, 0) is 6.54 Å². The molecule has 3 aromatic rings. The Morgan fingerprint density at radius 3 is 3.06 bits per heavy atom. The number of hydrogen-bond donors (Lipinski definition) is 1. The van der Waals surface area contributed by atoms with Gasteiger partial charge in [-0.1, -0.05) is 17.4 Å². The molecule has 2 aromatic heterocycles. The van der Waals surface area contributed by atoms with Crippen LogP contribution in [-0.4, -0.2) is 11.2 Å². The van der Waals surface area contributed by atoms with Gasteiger partial charge in [-0.2, -0.15) is 0 Å². The molecule has 0 unspecified atom stereocenters. The summed E-state index contributed by atoms with van der Waals surface area (Å²) in [6, 6.07) is 10.1. The van der Waals surface area contributed by atoms with Crippen molar-refractivity contribution >= 4 is 38.4 Å². The maximum absolute atomic E-state index is 5.28. The third-order valence-corrected chi connectivity index (χ3v) is 4.34. The first kappa shape index (κ1) is 11.6. The van der Waals surface area contributed by atoms with Gasteiger partial charge in [0.25, 0.3) is 0 Å². The Labute approximate surface area is 113 Å². The number of furan rings is 1. The standard InChI is InChI=1S/C13H12N2OS2/c1-17-10-5-2-6-11-12(10)15-13(18-11)14-8-9-4-3-7-16-9/h2-7H,8H2,1H3,(H,14,15). The second-order valence-corrected chi connectivity index (χ2v) is 5.64. The summed E-state index contributed by atoms with van der Waals surface area (Å²) in [6.45, 7) is 0.668. The van der Waals surface area contributed by atoms with Crippen molar-refractivity contribution in [2.75, 3.05) is 11.6 Å². The molecular weight excluding hydrogens is 264 g/mol. The van der Waals surface area contributed by atoms with E-state index in [1.165, 1.54) is 9.60 Å². The van der Waals surface area contributed by atoms with Gasteiger partial charge < -0.3 is 9.73 Å². The molecule has 5 heteroatoms. The summed E-state index contributed by atoms with van der Waals surface area (Å²) in [5.41, 5.74) is 1.08. The van der Waals surface area contributed by atoms with Gasteiger partial charge in [0.2, 0.25) is 0 Å². The molecule has 0 aliphatic carbocycles. The molecule has 0 fully saturated rings. The zero-order chi connectivity index (χ0) is 12.4. The van der Waals surface area contributed by atoms with Gasteiger partial charge in [-0.15, -0.1) is 11.8 Å². The van der Waals surface area contributed by atoms with Crippen LogP contribution < -0.4 is 5.32 Å². The molecule has 3 nitrogen and oxygen atoms in total. The van der Waals surface area contributed by atoms with Crippen molar-refractivity contribution in [2.24, 2.45) is 0 Å². The molecule has 0 aliphatic rings. The van der Waals surface area contributed by atoms with E-state index in [0.29, 0.717) is 6.54 Å². The second-order valence-electron chi connectivity index (χ2n) is 3.76. The summed E-state index contributed by atoms with van der Waals surface area (Å²) in [7, 11) is 0. The number of nitrogens with zero attached hydrogens (tertiary/aromatic N) is 1. The van der Waals surface area contributed by atoms with E-state index in [1.807, 2.05) is 12.1 Å². The molecule has 0 aliphatic heterocycles. The Bertz CT molecular complexity index is 646. The monoisotopic (exact) mass is 276 g/mol. The quantitative estimate of drug-likeness (QED) is 0.724. The Morgan fingerprint density at radius 2 is 2.28 bits per heavy atom. The third kappa shape index (κ3) is 2.23. The molecule has 0 radical (unpaired) electrons. The molecule has 1 N–H and O–H groups in total. The average molecular weight is 276 g/mol. The van der Waals surface area contributed by atoms with Crippen molar-refractivity contribution in [3.05, 3.63) is 42.4 Å². The molecule has 3 rings (SSSR count). The van der Waals surface area contributed by atoms with Gasteiger partial charge in [-0.25, -0.2) is 4.98 Å². The molecule has 0 amide bonds. The minimum absolute atomic E-state index is 0.668. The first-order chi connectivity index (χ1) is 8.86. The molecule has 2 heterocycles. The molecule has 0 atom stereocenters. The van der Waals surface area contributed by atoms with E-state index in [9.17, 15) is 0 Å². The highest BCUT2D eigenvalue weighted by atomic mass is 32.2. The van der Waals surface area contributed by atoms with E-state index in [4.69, 9.17) is 4.42 Å². The number of rotatable bonds is 4. The van der Waals surface area contributed by atoms with Gasteiger partial charge in [-0.3, -0.25) is 0 Å². The number of thiazole rings is 1. The summed E-state index contributed by atoms with van der Waals surface area (Å²) >= 11 is 3.40. The number of fused-ring (bicyclic) bond motifs is 1. The molecule has 92 valence electrons. The highest BCUT2D eigenvalue weighted by Crippen LogP contribution is 2.32. The maximum Gasteiger partial charge on any atom is 0.184 e. The van der Waals surface area contributed by atoms with Crippen molar-refractivity contribution in [1.82, 2.24) is 4.98 Å². The maximum atomic E-state index is 5.28. The predicted octanol–water partition coefficient (Wildman–Crippen LogP) is 4.22. The van der Waals surface area contributed by atoms with Gasteiger partial charge in [-0.05, 0) is 30.5 Å². The van der Waals surface area contributed by atoms with E-state index in [-0.39, 0.29) is 0 Å². The predicted molar refractivity (Wildman–Crippen MR) is 77.4 cm³/mol. The van der Waals surface area contributed by atoms with Gasteiger partial charge in [0.1, 0.15) is 5.76 Å².